The molecule has 1 heterocycles. The average molecular weight is 466 g/mol. The van der Waals surface area contributed by atoms with E-state index in [0.29, 0.717) is 16.9 Å². The van der Waals surface area contributed by atoms with Crippen molar-refractivity contribution in [3.05, 3.63) is 75.7 Å². The second-order valence-electron chi connectivity index (χ2n) is 8.01. The van der Waals surface area contributed by atoms with Crippen LogP contribution in [0.5, 0.6) is 11.5 Å². The predicted molar refractivity (Wildman–Crippen MR) is 128 cm³/mol. The van der Waals surface area contributed by atoms with Crippen molar-refractivity contribution in [2.75, 3.05) is 12.4 Å². The van der Waals surface area contributed by atoms with Crippen molar-refractivity contribution in [2.24, 2.45) is 7.05 Å². The number of aryl methyl sites for hydroxylation is 3. The third-order valence-electron chi connectivity index (χ3n) is 5.50. The zero-order valence-corrected chi connectivity index (χ0v) is 19.4. The van der Waals surface area contributed by atoms with Gasteiger partial charge in [-0.3, -0.25) is 9.59 Å². The van der Waals surface area contributed by atoms with E-state index in [0.717, 1.165) is 16.7 Å². The molecule has 0 aliphatic heterocycles. The van der Waals surface area contributed by atoms with Crippen LogP contribution in [0.15, 0.2) is 53.5 Å². The van der Waals surface area contributed by atoms with Gasteiger partial charge in [-0.1, -0.05) is 24.3 Å². The molecule has 0 aliphatic rings. The second kappa shape index (κ2) is 10.1. The number of ether oxygens (including phenoxy) is 1. The van der Waals surface area contributed by atoms with Crippen molar-refractivity contribution >= 4 is 17.7 Å². The Labute approximate surface area is 196 Å². The highest BCUT2D eigenvalue weighted by Crippen LogP contribution is 2.30. The maximum atomic E-state index is 12.7. The highest BCUT2D eigenvalue weighted by Gasteiger charge is 2.21. The molecule has 0 spiro atoms. The molecule has 3 aromatic rings. The number of benzene rings is 2. The number of rotatable bonds is 7. The fourth-order valence-electron chi connectivity index (χ4n) is 3.69. The summed E-state index contributed by atoms with van der Waals surface area (Å²) in [7, 11) is 3.08. The molecular formula is C25H27N3O6. The van der Waals surface area contributed by atoms with E-state index in [2.05, 4.69) is 10.6 Å². The number of carbonyl (C=O) groups is 2. The summed E-state index contributed by atoms with van der Waals surface area (Å²) < 4.78 is 6.55. The molecule has 1 aromatic heterocycles. The molecule has 0 aliphatic carbocycles. The smallest absolute Gasteiger partial charge is 0.319 e. The van der Waals surface area contributed by atoms with Gasteiger partial charge in [0.25, 0.3) is 5.56 Å². The third kappa shape index (κ3) is 5.37. The first-order valence-corrected chi connectivity index (χ1v) is 10.5. The summed E-state index contributed by atoms with van der Waals surface area (Å²) in [4.78, 5) is 36.6. The Morgan fingerprint density at radius 3 is 2.53 bits per heavy atom. The summed E-state index contributed by atoms with van der Waals surface area (Å²) in [6.07, 6.45) is 1.06. The average Bonchev–Trinajstić information content (AvgIpc) is 2.80. The van der Waals surface area contributed by atoms with Gasteiger partial charge in [0, 0.05) is 18.8 Å². The fourth-order valence-corrected chi connectivity index (χ4v) is 3.69. The van der Waals surface area contributed by atoms with E-state index in [1.54, 1.807) is 32.2 Å². The zero-order chi connectivity index (χ0) is 25.0. The lowest BCUT2D eigenvalue weighted by Crippen LogP contribution is -2.36. The molecule has 0 radical (unpaired) electrons. The number of carboxylic acid groups (broad SMARTS) is 1. The van der Waals surface area contributed by atoms with E-state index in [-0.39, 0.29) is 17.9 Å². The summed E-state index contributed by atoms with van der Waals surface area (Å²) >= 11 is 0. The second-order valence-corrected chi connectivity index (χ2v) is 8.01. The van der Waals surface area contributed by atoms with Gasteiger partial charge < -0.3 is 30.2 Å². The molecule has 3 rings (SSSR count). The number of nitrogens with one attached hydrogen (secondary N) is 2. The summed E-state index contributed by atoms with van der Waals surface area (Å²) in [6.45, 7) is 3.55. The van der Waals surface area contributed by atoms with Crippen LogP contribution in [0.3, 0.4) is 0 Å². The minimum atomic E-state index is -1.11. The SMILES string of the molecule is COc1ccc(C)c(-c2cccc([C@H](CC(=O)O)NC(=O)Nc3c(O)c(C)cn(C)c3=O)c2)c1. The first-order valence-electron chi connectivity index (χ1n) is 10.5. The van der Waals surface area contributed by atoms with Crippen LogP contribution in [-0.4, -0.2) is 33.9 Å². The van der Waals surface area contributed by atoms with E-state index in [9.17, 15) is 24.6 Å². The number of carbonyl (C=O) groups excluding carboxylic acids is 1. The summed E-state index contributed by atoms with van der Waals surface area (Å²) in [5.41, 5.74) is 2.84. The van der Waals surface area contributed by atoms with Crippen LogP contribution in [-0.2, 0) is 11.8 Å². The van der Waals surface area contributed by atoms with Gasteiger partial charge in [0.2, 0.25) is 0 Å². The highest BCUT2D eigenvalue weighted by atomic mass is 16.5. The first kappa shape index (κ1) is 24.4. The number of urea groups is 1. The molecule has 0 saturated heterocycles. The predicted octanol–water partition coefficient (Wildman–Crippen LogP) is 3.72. The lowest BCUT2D eigenvalue weighted by Gasteiger charge is -2.20. The fraction of sp³-hybridized carbons (Fsp3) is 0.240. The van der Waals surface area contributed by atoms with Gasteiger partial charge in [0.05, 0.1) is 19.6 Å². The van der Waals surface area contributed by atoms with Gasteiger partial charge in [-0.15, -0.1) is 0 Å². The van der Waals surface area contributed by atoms with Crippen molar-refractivity contribution in [1.82, 2.24) is 9.88 Å². The third-order valence-corrected chi connectivity index (χ3v) is 5.50. The number of nitrogens with zero attached hydrogens (tertiary/aromatic N) is 1. The number of aliphatic carboxylic acids is 1. The van der Waals surface area contributed by atoms with Gasteiger partial charge in [-0.25, -0.2) is 4.79 Å². The number of aromatic nitrogens is 1. The van der Waals surface area contributed by atoms with Crippen LogP contribution in [0.25, 0.3) is 11.1 Å². The molecule has 2 amide bonds. The maximum Gasteiger partial charge on any atom is 0.319 e. The molecule has 4 N–H and O–H groups in total. The van der Waals surface area contributed by atoms with Gasteiger partial charge >= 0.3 is 12.0 Å². The molecule has 0 bridgehead atoms. The number of hydrogen-bond acceptors (Lipinski definition) is 5. The standard InChI is InChI=1S/C25H27N3O6/c1-14-8-9-18(34-4)11-19(14)16-6-5-7-17(10-16)20(12-21(29)30)26-25(33)27-22-23(31)15(2)13-28(3)24(22)32/h5-11,13,20,31H,12H2,1-4H3,(H,29,30)(H2,26,27,33)/t20-/m0/s1. The number of carboxylic acids is 1. The van der Waals surface area contributed by atoms with Crippen molar-refractivity contribution in [1.29, 1.82) is 0 Å². The Kier molecular flexibility index (Phi) is 7.25. The Balaban J connectivity index is 1.92. The van der Waals surface area contributed by atoms with Gasteiger partial charge in [0.1, 0.15) is 11.5 Å². The Morgan fingerprint density at radius 2 is 1.85 bits per heavy atom. The molecule has 2 aromatic carbocycles. The van der Waals surface area contributed by atoms with Crippen molar-refractivity contribution in [3.63, 3.8) is 0 Å². The highest BCUT2D eigenvalue weighted by molar-refractivity contribution is 5.91. The molecule has 9 heteroatoms. The number of methoxy groups -OCH3 is 1. The van der Waals surface area contributed by atoms with E-state index in [1.807, 2.05) is 31.2 Å². The summed E-state index contributed by atoms with van der Waals surface area (Å²) in [5, 5.41) is 24.6. The Hall–Kier alpha value is -4.27. The van der Waals surface area contributed by atoms with Crippen molar-refractivity contribution in [3.8, 4) is 22.6 Å². The van der Waals surface area contributed by atoms with E-state index < -0.39 is 23.6 Å². The number of amides is 2. The topological polar surface area (TPSA) is 130 Å². The van der Waals surface area contributed by atoms with Crippen LogP contribution < -0.4 is 20.9 Å². The molecule has 34 heavy (non-hydrogen) atoms. The monoisotopic (exact) mass is 465 g/mol. The van der Waals surface area contributed by atoms with Crippen molar-refractivity contribution < 1.29 is 24.5 Å². The van der Waals surface area contributed by atoms with E-state index in [1.165, 1.54) is 17.8 Å². The van der Waals surface area contributed by atoms with Gasteiger partial charge in [0.15, 0.2) is 5.69 Å². The lowest BCUT2D eigenvalue weighted by atomic mass is 9.95. The quantitative estimate of drug-likeness (QED) is 0.421. The summed E-state index contributed by atoms with van der Waals surface area (Å²) in [6, 6.07) is 11.2. The lowest BCUT2D eigenvalue weighted by molar-refractivity contribution is -0.137. The number of anilines is 1. The Bertz CT molecular complexity index is 1300. The van der Waals surface area contributed by atoms with Gasteiger partial charge in [-0.05, 0) is 54.3 Å². The minimum absolute atomic E-state index is 0.283. The minimum Gasteiger partial charge on any atom is -0.505 e. The largest absolute Gasteiger partial charge is 0.505 e. The molecule has 178 valence electrons. The molecule has 1 atom stereocenters. The van der Waals surface area contributed by atoms with E-state index >= 15 is 0 Å². The molecule has 0 fully saturated rings. The molecule has 9 nitrogen and oxygen atoms in total. The summed E-state index contributed by atoms with van der Waals surface area (Å²) in [5.74, 6) is -0.767. The van der Waals surface area contributed by atoms with Crippen LogP contribution >= 0.6 is 0 Å². The van der Waals surface area contributed by atoms with Crippen molar-refractivity contribution in [2.45, 2.75) is 26.3 Å². The maximum absolute atomic E-state index is 12.7. The number of aromatic hydroxyl groups is 1. The molecular weight excluding hydrogens is 438 g/mol. The van der Waals surface area contributed by atoms with Gasteiger partial charge in [-0.2, -0.15) is 0 Å². The first-order chi connectivity index (χ1) is 16.1. The normalized spacial score (nSPS) is 11.5. The van der Waals surface area contributed by atoms with Crippen LogP contribution in [0.2, 0.25) is 0 Å². The number of hydrogen-bond donors (Lipinski definition) is 4. The van der Waals surface area contributed by atoms with Crippen LogP contribution in [0, 0.1) is 13.8 Å². The van der Waals surface area contributed by atoms with Crippen LogP contribution in [0.4, 0.5) is 10.5 Å². The molecule has 0 saturated carbocycles. The Morgan fingerprint density at radius 1 is 1.12 bits per heavy atom. The van der Waals surface area contributed by atoms with Crippen LogP contribution in [0.1, 0.15) is 29.2 Å². The number of pyridine rings is 1. The zero-order valence-electron chi connectivity index (χ0n) is 19.4. The van der Waals surface area contributed by atoms with E-state index in [4.69, 9.17) is 4.74 Å². The molecule has 0 unspecified atom stereocenters.